The normalized spacial score (nSPS) is 13.0. The Kier molecular flexibility index (Phi) is 44.7. The van der Waals surface area contributed by atoms with Gasteiger partial charge in [0.05, 0.1) is 40.3 Å². The predicted molar refractivity (Wildman–Crippen MR) is 264 cm³/mol. The summed E-state index contributed by atoms with van der Waals surface area (Å²) in [6, 6.07) is -0.726. The Bertz CT molecular complexity index is 1080. The van der Waals surface area contributed by atoms with Gasteiger partial charge in [-0.15, -0.1) is 0 Å². The Labute approximate surface area is 390 Å². The van der Waals surface area contributed by atoms with Crippen molar-refractivity contribution in [2.24, 2.45) is 0 Å². The van der Waals surface area contributed by atoms with E-state index in [4.69, 9.17) is 14.2 Å². The van der Waals surface area contributed by atoms with E-state index >= 15 is 0 Å². The molecule has 2 unspecified atom stereocenters. The first-order valence-corrected chi connectivity index (χ1v) is 26.9. The summed E-state index contributed by atoms with van der Waals surface area (Å²) in [5, 5.41) is 11.7. The van der Waals surface area contributed by atoms with Gasteiger partial charge in [0.1, 0.15) is 12.6 Å². The van der Waals surface area contributed by atoms with E-state index in [1.807, 2.05) is 21.1 Å². The Morgan fingerprint density at radius 1 is 0.460 bits per heavy atom. The second-order valence-electron chi connectivity index (χ2n) is 19.5. The molecule has 0 aromatic carbocycles. The number of rotatable bonds is 49. The minimum absolute atomic E-state index is 0.0397. The standard InChI is InChI=1S/C55H103NO7/c1-6-8-10-12-14-16-18-20-22-24-26-27-28-30-32-34-36-38-40-42-44-46-54(58)63-51(49-61-48-47-52(55(59)60)56(3,4)5)50-62-53(57)45-43-41-39-37-35-33-31-29-25-23-21-19-17-15-13-11-9-7-2/h27-29,31,51-52H,6-26,30,32-50H2,1-5H3/b28-27+,31-29+. The molecule has 63 heavy (non-hydrogen) atoms. The van der Waals surface area contributed by atoms with Crippen LogP contribution >= 0.6 is 0 Å². The van der Waals surface area contributed by atoms with E-state index in [1.54, 1.807) is 0 Å². The molecule has 0 fully saturated rings. The monoisotopic (exact) mass is 890 g/mol. The molecule has 0 aliphatic carbocycles. The average Bonchev–Trinajstić information content (AvgIpc) is 3.24. The van der Waals surface area contributed by atoms with Gasteiger partial charge in [0.2, 0.25) is 0 Å². The zero-order valence-electron chi connectivity index (χ0n) is 42.3. The summed E-state index contributed by atoms with van der Waals surface area (Å²) in [4.78, 5) is 37.1. The maximum absolute atomic E-state index is 12.8. The molecule has 8 nitrogen and oxygen atoms in total. The third-order valence-corrected chi connectivity index (χ3v) is 12.3. The highest BCUT2D eigenvalue weighted by atomic mass is 16.6. The van der Waals surface area contributed by atoms with Crippen molar-refractivity contribution in [1.82, 2.24) is 0 Å². The van der Waals surface area contributed by atoms with E-state index in [2.05, 4.69) is 38.2 Å². The fourth-order valence-electron chi connectivity index (χ4n) is 8.12. The van der Waals surface area contributed by atoms with Gasteiger partial charge in [0.25, 0.3) is 0 Å². The van der Waals surface area contributed by atoms with Gasteiger partial charge in [-0.25, -0.2) is 0 Å². The number of carbonyl (C=O) groups is 3. The second kappa shape index (κ2) is 46.3. The van der Waals surface area contributed by atoms with Crippen LogP contribution in [0.3, 0.4) is 0 Å². The minimum atomic E-state index is -1.12. The molecule has 0 spiro atoms. The van der Waals surface area contributed by atoms with Crippen LogP contribution in [0.15, 0.2) is 24.3 Å². The third-order valence-electron chi connectivity index (χ3n) is 12.3. The first-order chi connectivity index (χ1) is 30.6. The zero-order chi connectivity index (χ0) is 46.3. The lowest BCUT2D eigenvalue weighted by atomic mass is 10.1. The summed E-state index contributed by atoms with van der Waals surface area (Å²) in [5.41, 5.74) is 0. The zero-order valence-corrected chi connectivity index (χ0v) is 42.3. The molecule has 0 aliphatic rings. The van der Waals surface area contributed by atoms with Crippen LogP contribution in [-0.2, 0) is 28.6 Å². The molecule has 0 saturated carbocycles. The van der Waals surface area contributed by atoms with Crippen LogP contribution in [0.25, 0.3) is 0 Å². The number of hydrogen-bond acceptors (Lipinski definition) is 7. The molecule has 0 saturated heterocycles. The number of aliphatic carboxylic acids is 1. The van der Waals surface area contributed by atoms with Crippen molar-refractivity contribution < 1.29 is 38.2 Å². The number of carbonyl (C=O) groups excluding carboxylic acids is 3. The molecular weight excluding hydrogens is 787 g/mol. The van der Waals surface area contributed by atoms with Crippen molar-refractivity contribution in [3.05, 3.63) is 24.3 Å². The van der Waals surface area contributed by atoms with Gasteiger partial charge in [-0.05, 0) is 64.2 Å². The van der Waals surface area contributed by atoms with Crippen molar-refractivity contribution in [3.63, 3.8) is 0 Å². The molecule has 0 rings (SSSR count). The number of allylic oxidation sites excluding steroid dienone is 4. The molecule has 0 amide bonds. The smallest absolute Gasteiger partial charge is 0.306 e. The number of nitrogens with zero attached hydrogens (tertiary/aromatic N) is 1. The van der Waals surface area contributed by atoms with Gasteiger partial charge in [-0.1, -0.05) is 199 Å². The fraction of sp³-hybridized carbons (Fsp3) is 0.873. The number of hydrogen-bond donors (Lipinski definition) is 0. The number of carboxylic acid groups (broad SMARTS) is 1. The molecule has 0 aromatic heterocycles. The van der Waals surface area contributed by atoms with Crippen LogP contribution in [0, 0.1) is 0 Å². The molecule has 2 atom stereocenters. The van der Waals surface area contributed by atoms with Gasteiger partial charge in [0.15, 0.2) is 6.10 Å². The molecule has 0 heterocycles. The largest absolute Gasteiger partial charge is 0.544 e. The topological polar surface area (TPSA) is 102 Å². The first kappa shape index (κ1) is 60.8. The predicted octanol–water partition coefficient (Wildman–Crippen LogP) is 14.3. The molecule has 0 radical (unpaired) electrons. The van der Waals surface area contributed by atoms with Crippen molar-refractivity contribution >= 4 is 17.9 Å². The van der Waals surface area contributed by atoms with Gasteiger partial charge in [-0.3, -0.25) is 9.59 Å². The number of ether oxygens (including phenoxy) is 3. The van der Waals surface area contributed by atoms with Crippen LogP contribution in [-0.4, -0.2) is 75.5 Å². The van der Waals surface area contributed by atoms with E-state index in [1.165, 1.54) is 173 Å². The van der Waals surface area contributed by atoms with Gasteiger partial charge in [0, 0.05) is 19.3 Å². The van der Waals surface area contributed by atoms with Crippen molar-refractivity contribution in [3.8, 4) is 0 Å². The second-order valence-corrected chi connectivity index (χ2v) is 19.5. The molecule has 0 aromatic rings. The number of esters is 2. The lowest BCUT2D eigenvalue weighted by Crippen LogP contribution is -2.55. The molecular formula is C55H103NO7. The summed E-state index contributed by atoms with van der Waals surface area (Å²) in [7, 11) is 5.42. The maximum atomic E-state index is 12.8. The molecule has 0 N–H and O–H groups in total. The van der Waals surface area contributed by atoms with Crippen LogP contribution in [0.2, 0.25) is 0 Å². The lowest BCUT2D eigenvalue weighted by molar-refractivity contribution is -0.889. The number of unbranched alkanes of at least 4 members (excludes halogenated alkanes) is 31. The minimum Gasteiger partial charge on any atom is -0.544 e. The molecule has 0 aliphatic heterocycles. The molecule has 0 bridgehead atoms. The summed E-state index contributed by atoms with van der Waals surface area (Å²) < 4.78 is 17.3. The van der Waals surface area contributed by atoms with E-state index in [-0.39, 0.29) is 42.7 Å². The molecule has 370 valence electrons. The van der Waals surface area contributed by atoms with E-state index in [0.717, 1.165) is 51.4 Å². The SMILES string of the molecule is CCCCCCCCCCC/C=C/CCCCCCCC(=O)OCC(COCCC(C(=O)[O-])[N+](C)(C)C)OC(=O)CCCCCCCCC/C=C/CCCCCCCCCCCC. The number of carboxylic acids is 1. The van der Waals surface area contributed by atoms with Crippen molar-refractivity contribution in [2.75, 3.05) is 41.0 Å². The summed E-state index contributed by atoms with van der Waals surface area (Å²) in [6.07, 6.45) is 53.5. The summed E-state index contributed by atoms with van der Waals surface area (Å²) >= 11 is 0. The maximum Gasteiger partial charge on any atom is 0.306 e. The van der Waals surface area contributed by atoms with Crippen molar-refractivity contribution in [2.45, 2.75) is 270 Å². The highest BCUT2D eigenvalue weighted by molar-refractivity contribution is 5.70. The van der Waals surface area contributed by atoms with Crippen molar-refractivity contribution in [1.29, 1.82) is 0 Å². The number of likely N-dealkylation sites (N-methyl/N-ethyl adjacent to an activating group) is 1. The Morgan fingerprint density at radius 3 is 1.14 bits per heavy atom. The third kappa shape index (κ3) is 44.8. The van der Waals surface area contributed by atoms with Gasteiger partial charge < -0.3 is 28.6 Å². The Hall–Kier alpha value is -2.19. The summed E-state index contributed by atoms with van der Waals surface area (Å²) in [6.45, 7) is 4.69. The van der Waals surface area contributed by atoms with Gasteiger partial charge in [-0.2, -0.15) is 0 Å². The van der Waals surface area contributed by atoms with Crippen LogP contribution in [0.4, 0.5) is 0 Å². The average molecular weight is 890 g/mol. The fourth-order valence-corrected chi connectivity index (χ4v) is 8.12. The lowest BCUT2D eigenvalue weighted by Gasteiger charge is -2.34. The first-order valence-electron chi connectivity index (χ1n) is 26.9. The van der Waals surface area contributed by atoms with Crippen LogP contribution in [0.1, 0.15) is 258 Å². The van der Waals surface area contributed by atoms with E-state index in [9.17, 15) is 19.5 Å². The quantitative estimate of drug-likeness (QED) is 0.0259. The van der Waals surface area contributed by atoms with Crippen LogP contribution < -0.4 is 5.11 Å². The van der Waals surface area contributed by atoms with E-state index < -0.39 is 18.1 Å². The van der Waals surface area contributed by atoms with Gasteiger partial charge >= 0.3 is 11.9 Å². The van der Waals surface area contributed by atoms with Crippen LogP contribution in [0.5, 0.6) is 0 Å². The highest BCUT2D eigenvalue weighted by Crippen LogP contribution is 2.16. The number of quaternary nitrogens is 1. The Morgan fingerprint density at radius 2 is 0.794 bits per heavy atom. The highest BCUT2D eigenvalue weighted by Gasteiger charge is 2.25. The summed E-state index contributed by atoms with van der Waals surface area (Å²) in [5.74, 6) is -1.74. The molecule has 8 heteroatoms. The Balaban J connectivity index is 4.22. The van der Waals surface area contributed by atoms with E-state index in [0.29, 0.717) is 12.8 Å².